The molecule has 0 aromatic carbocycles. The highest BCUT2D eigenvalue weighted by Gasteiger charge is 2.50. The van der Waals surface area contributed by atoms with Crippen molar-refractivity contribution in [1.29, 1.82) is 5.26 Å². The average Bonchev–Trinajstić information content (AvgIpc) is 3.34. The molecular weight excluding hydrogens is 395 g/mol. The molecule has 0 radical (unpaired) electrons. The molecule has 0 saturated carbocycles. The zero-order valence-electron chi connectivity index (χ0n) is 17.5. The fourth-order valence-electron chi connectivity index (χ4n) is 3.96. The van der Waals surface area contributed by atoms with E-state index in [-0.39, 0.29) is 30.3 Å². The van der Waals surface area contributed by atoms with Gasteiger partial charge in [0.25, 0.3) is 0 Å². The predicted octanol–water partition coefficient (Wildman–Crippen LogP) is 2.00. The number of nitrogens with zero attached hydrogens (tertiary/aromatic N) is 6. The predicted molar refractivity (Wildman–Crippen MR) is 112 cm³/mol. The second-order valence-corrected chi connectivity index (χ2v) is 10.4. The van der Waals surface area contributed by atoms with Crippen LogP contribution >= 0.6 is 0 Å². The molecule has 3 aliphatic rings. The number of aliphatic imine (C=N–C) groups is 1. The minimum atomic E-state index is -2.53. The van der Waals surface area contributed by atoms with Gasteiger partial charge in [0.2, 0.25) is 6.19 Å². The van der Waals surface area contributed by atoms with Gasteiger partial charge >= 0.3 is 0 Å². The number of dihydropyridines is 1. The molecule has 160 valence electrons. The van der Waals surface area contributed by atoms with Crippen LogP contribution in [0.1, 0.15) is 27.7 Å². The average molecular weight is 425 g/mol. The van der Waals surface area contributed by atoms with Gasteiger partial charge in [0.05, 0.1) is 39.8 Å². The lowest BCUT2D eigenvalue weighted by atomic mass is 10.1. The third-order valence-corrected chi connectivity index (χ3v) is 7.21. The van der Waals surface area contributed by atoms with Crippen molar-refractivity contribution >= 4 is 21.7 Å². The fraction of sp³-hybridized carbons (Fsp3) is 0.737. The standard InChI is InChI=1S/C19H29FN6O2S/c1-6-25(19-18(28-19)12(2)10-29(5,27)23-11-21)17-9-26(24-14(17)4)15-7-16(20)13(3)22-8-15/h7-8,12-13,16-19H,6,9-10H2,1-5H3. The minimum absolute atomic E-state index is 0.0142. The molecule has 0 aromatic heterocycles. The van der Waals surface area contributed by atoms with Crippen LogP contribution in [0.2, 0.25) is 0 Å². The maximum atomic E-state index is 14.0. The smallest absolute Gasteiger partial charge is 0.214 e. The summed E-state index contributed by atoms with van der Waals surface area (Å²) in [6, 6.07) is -0.318. The van der Waals surface area contributed by atoms with Gasteiger partial charge in [-0.05, 0) is 32.4 Å². The third-order valence-electron chi connectivity index (χ3n) is 5.60. The van der Waals surface area contributed by atoms with Crippen LogP contribution in [0.15, 0.2) is 26.2 Å². The van der Waals surface area contributed by atoms with Gasteiger partial charge < -0.3 is 4.74 Å². The molecule has 7 atom stereocenters. The first-order valence-electron chi connectivity index (χ1n) is 9.87. The normalized spacial score (nSPS) is 34.3. The van der Waals surface area contributed by atoms with Crippen LogP contribution in [0, 0.1) is 17.4 Å². The van der Waals surface area contributed by atoms with Crippen molar-refractivity contribution in [2.24, 2.45) is 20.4 Å². The van der Waals surface area contributed by atoms with Crippen molar-refractivity contribution in [1.82, 2.24) is 9.91 Å². The second kappa shape index (κ2) is 8.50. The topological polar surface area (TPSA) is 96.9 Å². The monoisotopic (exact) mass is 424 g/mol. The largest absolute Gasteiger partial charge is 0.353 e. The lowest BCUT2D eigenvalue weighted by Crippen LogP contribution is -2.45. The highest BCUT2D eigenvalue weighted by Crippen LogP contribution is 2.36. The first-order chi connectivity index (χ1) is 13.7. The number of rotatable bonds is 7. The van der Waals surface area contributed by atoms with E-state index < -0.39 is 15.9 Å². The lowest BCUT2D eigenvalue weighted by Gasteiger charge is -2.28. The Bertz CT molecular complexity index is 888. The van der Waals surface area contributed by atoms with Crippen LogP contribution < -0.4 is 0 Å². The molecule has 0 bridgehead atoms. The maximum absolute atomic E-state index is 14.0. The summed E-state index contributed by atoms with van der Waals surface area (Å²) in [6.45, 7) is 9.12. The number of alkyl halides is 1. The maximum Gasteiger partial charge on any atom is 0.214 e. The Kier molecular flexibility index (Phi) is 6.41. The Morgan fingerprint density at radius 2 is 2.31 bits per heavy atom. The molecule has 0 amide bonds. The molecule has 0 aliphatic carbocycles. The fourth-order valence-corrected chi connectivity index (χ4v) is 5.37. The van der Waals surface area contributed by atoms with E-state index in [0.29, 0.717) is 18.0 Å². The Balaban J connectivity index is 1.65. The molecule has 10 heteroatoms. The second-order valence-electron chi connectivity index (χ2n) is 8.01. The van der Waals surface area contributed by atoms with E-state index in [0.717, 1.165) is 12.3 Å². The van der Waals surface area contributed by atoms with E-state index in [1.165, 1.54) is 6.26 Å². The van der Waals surface area contributed by atoms with Gasteiger partial charge in [-0.3, -0.25) is 14.9 Å². The van der Waals surface area contributed by atoms with E-state index in [9.17, 15) is 8.60 Å². The molecule has 1 saturated heterocycles. The van der Waals surface area contributed by atoms with E-state index >= 15 is 0 Å². The zero-order valence-corrected chi connectivity index (χ0v) is 18.3. The van der Waals surface area contributed by atoms with E-state index in [1.54, 1.807) is 30.4 Å². The number of ether oxygens (including phenoxy) is 1. The van der Waals surface area contributed by atoms with E-state index in [1.807, 2.05) is 13.8 Å². The summed E-state index contributed by atoms with van der Waals surface area (Å²) in [5.74, 6) is 0.336. The summed E-state index contributed by atoms with van der Waals surface area (Å²) in [6.07, 6.45) is 5.15. The molecule has 3 heterocycles. The summed E-state index contributed by atoms with van der Waals surface area (Å²) >= 11 is 0. The molecule has 0 aromatic rings. The molecule has 0 N–H and O–H groups in total. The Morgan fingerprint density at radius 3 is 2.93 bits per heavy atom. The van der Waals surface area contributed by atoms with Gasteiger partial charge in [-0.15, -0.1) is 4.36 Å². The quantitative estimate of drug-likeness (QED) is 0.460. The Labute approximate surface area is 172 Å². The highest BCUT2D eigenvalue weighted by molar-refractivity contribution is 7.93. The van der Waals surface area contributed by atoms with Gasteiger partial charge in [-0.25, -0.2) is 8.60 Å². The third kappa shape index (κ3) is 4.85. The summed E-state index contributed by atoms with van der Waals surface area (Å²) in [7, 11) is -2.53. The van der Waals surface area contributed by atoms with Crippen LogP contribution in [0.25, 0.3) is 0 Å². The van der Waals surface area contributed by atoms with Gasteiger partial charge in [0, 0.05) is 18.2 Å². The van der Waals surface area contributed by atoms with Crippen LogP contribution in [0.5, 0.6) is 0 Å². The summed E-state index contributed by atoms with van der Waals surface area (Å²) in [5, 5.41) is 15.1. The van der Waals surface area contributed by atoms with Gasteiger partial charge in [-0.1, -0.05) is 13.8 Å². The molecule has 7 unspecified atom stereocenters. The number of hydrogen-bond acceptors (Lipinski definition) is 8. The zero-order chi connectivity index (χ0) is 21.3. The van der Waals surface area contributed by atoms with E-state index in [4.69, 9.17) is 10.00 Å². The van der Waals surface area contributed by atoms with Crippen molar-refractivity contribution in [2.75, 3.05) is 25.1 Å². The van der Waals surface area contributed by atoms with Gasteiger partial charge in [0.1, 0.15) is 18.5 Å². The SMILES string of the molecule is CCN(C1CN(C2=CC(F)C(C)N=C2)N=C1C)C1OC1C(C)CS(C)(=O)=NC#N. The van der Waals surface area contributed by atoms with Crippen molar-refractivity contribution in [3.63, 3.8) is 0 Å². The minimum Gasteiger partial charge on any atom is -0.353 e. The Hall–Kier alpha value is -1.83. The van der Waals surface area contributed by atoms with Gasteiger partial charge in [0.15, 0.2) is 0 Å². The number of halogens is 1. The first kappa shape index (κ1) is 21.9. The van der Waals surface area contributed by atoms with Crippen LogP contribution in [0.3, 0.4) is 0 Å². The molecule has 0 spiro atoms. The number of hydrogen-bond donors (Lipinski definition) is 0. The molecular formula is C19H29FN6O2S. The van der Waals surface area contributed by atoms with Gasteiger partial charge in [-0.2, -0.15) is 10.4 Å². The highest BCUT2D eigenvalue weighted by atomic mass is 32.2. The number of hydrazone groups is 1. The molecule has 8 nitrogen and oxygen atoms in total. The van der Waals surface area contributed by atoms with Crippen molar-refractivity contribution in [3.05, 3.63) is 11.8 Å². The van der Waals surface area contributed by atoms with Crippen molar-refractivity contribution in [3.8, 4) is 6.19 Å². The number of epoxide rings is 1. The molecule has 29 heavy (non-hydrogen) atoms. The number of allylic oxidation sites excluding steroid dienone is 1. The molecule has 3 rings (SSSR count). The molecule has 1 fully saturated rings. The number of likely N-dealkylation sites (N-methyl/N-ethyl adjacent to an activating group) is 1. The van der Waals surface area contributed by atoms with Crippen LogP contribution in [0.4, 0.5) is 4.39 Å². The van der Waals surface area contributed by atoms with Crippen molar-refractivity contribution < 1.29 is 13.3 Å². The summed E-state index contributed by atoms with van der Waals surface area (Å²) in [5.41, 5.74) is 1.62. The first-order valence-corrected chi connectivity index (χ1v) is 12.0. The Morgan fingerprint density at radius 1 is 1.59 bits per heavy atom. The number of nitriles is 1. The van der Waals surface area contributed by atoms with Crippen LogP contribution in [-0.2, 0) is 14.5 Å². The van der Waals surface area contributed by atoms with Crippen LogP contribution in [-0.4, -0.2) is 81.7 Å². The lowest BCUT2D eigenvalue weighted by molar-refractivity contribution is 0.151. The van der Waals surface area contributed by atoms with Crippen molar-refractivity contribution in [2.45, 2.75) is 58.3 Å². The molecule has 3 aliphatic heterocycles. The summed E-state index contributed by atoms with van der Waals surface area (Å²) in [4.78, 5) is 6.44. The van der Waals surface area contributed by atoms with E-state index in [2.05, 4.69) is 26.3 Å². The summed E-state index contributed by atoms with van der Waals surface area (Å²) < 4.78 is 35.8.